The van der Waals surface area contributed by atoms with Gasteiger partial charge in [-0.1, -0.05) is 23.2 Å². The highest BCUT2D eigenvalue weighted by molar-refractivity contribution is 7.92. The van der Waals surface area contributed by atoms with Crippen LogP contribution in [0.5, 0.6) is 5.75 Å². The summed E-state index contributed by atoms with van der Waals surface area (Å²) in [7, 11) is -3.87. The molecule has 2 aromatic carbocycles. The summed E-state index contributed by atoms with van der Waals surface area (Å²) in [5.41, 5.74) is 0.202. The molecule has 0 spiro atoms. The number of nitrogens with zero attached hydrogens (tertiary/aromatic N) is 1. The topological polar surface area (TPSA) is 75.7 Å². The molecule has 0 aliphatic heterocycles. The molecule has 2 aromatic rings. The molecule has 0 aliphatic carbocycles. The van der Waals surface area contributed by atoms with E-state index in [1.807, 2.05) is 0 Å². The van der Waals surface area contributed by atoms with Crippen molar-refractivity contribution in [2.45, 2.75) is 6.36 Å². The van der Waals surface area contributed by atoms with E-state index < -0.39 is 34.6 Å². The number of sulfonamides is 1. The summed E-state index contributed by atoms with van der Waals surface area (Å²) in [4.78, 5) is 12.2. The third kappa shape index (κ3) is 6.47. The number of carbonyl (C=O) groups is 1. The Labute approximate surface area is 168 Å². The van der Waals surface area contributed by atoms with E-state index in [1.165, 1.54) is 30.3 Å². The fraction of sp³-hybridized carbons (Fsp3) is 0.188. The molecule has 0 heterocycles. The summed E-state index contributed by atoms with van der Waals surface area (Å²) in [5.74, 6) is -1.20. The molecular formula is C16H13Cl2F3N2O4S. The quantitative estimate of drug-likeness (QED) is 0.702. The molecule has 0 bridgehead atoms. The van der Waals surface area contributed by atoms with Crippen LogP contribution in [0.15, 0.2) is 42.5 Å². The van der Waals surface area contributed by atoms with Gasteiger partial charge in [-0.25, -0.2) is 8.42 Å². The van der Waals surface area contributed by atoms with Gasteiger partial charge in [-0.3, -0.25) is 9.10 Å². The molecule has 0 unspecified atom stereocenters. The van der Waals surface area contributed by atoms with E-state index in [4.69, 9.17) is 23.2 Å². The Morgan fingerprint density at radius 1 is 1.14 bits per heavy atom. The molecule has 0 saturated carbocycles. The highest BCUT2D eigenvalue weighted by atomic mass is 35.5. The van der Waals surface area contributed by atoms with Crippen molar-refractivity contribution in [3.05, 3.63) is 52.5 Å². The number of rotatable bonds is 6. The minimum atomic E-state index is -4.83. The molecule has 1 N–H and O–H groups in total. The first-order valence-corrected chi connectivity index (χ1v) is 10.0. The van der Waals surface area contributed by atoms with Crippen molar-refractivity contribution >= 4 is 50.5 Å². The standard InChI is InChI=1S/C16H13Cl2F3N2O4S/c1-28(25,26)23(14-7-2-10(17)8-13(14)18)9-15(24)22-11-3-5-12(6-4-11)27-16(19,20)21/h2-8H,9H2,1H3,(H,22,24). The Hall–Kier alpha value is -2.17. The normalized spacial score (nSPS) is 11.8. The number of halogens is 5. The molecule has 0 radical (unpaired) electrons. The third-order valence-electron chi connectivity index (χ3n) is 3.24. The van der Waals surface area contributed by atoms with Crippen molar-refractivity contribution in [2.24, 2.45) is 0 Å². The van der Waals surface area contributed by atoms with Gasteiger partial charge in [-0.2, -0.15) is 0 Å². The molecule has 0 saturated heterocycles. The van der Waals surface area contributed by atoms with E-state index in [-0.39, 0.29) is 21.4 Å². The second-order valence-electron chi connectivity index (χ2n) is 5.49. The Morgan fingerprint density at radius 3 is 2.25 bits per heavy atom. The molecule has 12 heteroatoms. The van der Waals surface area contributed by atoms with Gasteiger partial charge in [0.15, 0.2) is 0 Å². The van der Waals surface area contributed by atoms with Gasteiger partial charge >= 0.3 is 6.36 Å². The molecule has 0 atom stereocenters. The summed E-state index contributed by atoms with van der Waals surface area (Å²) >= 11 is 11.8. The third-order valence-corrected chi connectivity index (χ3v) is 4.90. The Balaban J connectivity index is 2.14. The number of hydrogen-bond acceptors (Lipinski definition) is 4. The monoisotopic (exact) mass is 456 g/mol. The number of hydrogen-bond donors (Lipinski definition) is 1. The average Bonchev–Trinajstić information content (AvgIpc) is 2.53. The number of carbonyl (C=O) groups excluding carboxylic acids is 1. The predicted octanol–water partition coefficient (Wildman–Crippen LogP) is 4.30. The van der Waals surface area contributed by atoms with Crippen LogP contribution in [0.1, 0.15) is 0 Å². The van der Waals surface area contributed by atoms with Crippen LogP contribution in [0.3, 0.4) is 0 Å². The van der Waals surface area contributed by atoms with Crippen LogP contribution in [-0.4, -0.2) is 33.5 Å². The van der Waals surface area contributed by atoms with E-state index in [0.717, 1.165) is 22.7 Å². The van der Waals surface area contributed by atoms with Gasteiger partial charge in [0.1, 0.15) is 12.3 Å². The lowest BCUT2D eigenvalue weighted by atomic mass is 10.3. The van der Waals surface area contributed by atoms with Crippen LogP contribution >= 0.6 is 23.2 Å². The number of amides is 1. The predicted molar refractivity (Wildman–Crippen MR) is 100 cm³/mol. The van der Waals surface area contributed by atoms with E-state index in [9.17, 15) is 26.4 Å². The van der Waals surface area contributed by atoms with Crippen molar-refractivity contribution in [2.75, 3.05) is 22.4 Å². The molecule has 6 nitrogen and oxygen atoms in total. The van der Waals surface area contributed by atoms with E-state index in [0.29, 0.717) is 0 Å². The summed E-state index contributed by atoms with van der Waals surface area (Å²) < 4.78 is 65.1. The van der Waals surface area contributed by atoms with E-state index >= 15 is 0 Å². The van der Waals surface area contributed by atoms with Gasteiger partial charge < -0.3 is 10.1 Å². The van der Waals surface area contributed by atoms with Crippen LogP contribution in [0, 0.1) is 0 Å². The fourth-order valence-corrected chi connectivity index (χ4v) is 3.56. The molecular weight excluding hydrogens is 444 g/mol. The van der Waals surface area contributed by atoms with Crippen molar-refractivity contribution < 1.29 is 31.1 Å². The summed E-state index contributed by atoms with van der Waals surface area (Å²) in [6.07, 6.45) is -3.94. The molecule has 0 aromatic heterocycles. The summed E-state index contributed by atoms with van der Waals surface area (Å²) in [6, 6.07) is 8.47. The van der Waals surface area contributed by atoms with Crippen LogP contribution in [0.2, 0.25) is 10.0 Å². The van der Waals surface area contributed by atoms with E-state index in [1.54, 1.807) is 0 Å². The fourth-order valence-electron chi connectivity index (χ4n) is 2.14. The largest absolute Gasteiger partial charge is 0.573 e. The molecule has 0 aliphatic rings. The number of benzene rings is 2. The van der Waals surface area contributed by atoms with Gasteiger partial charge in [-0.05, 0) is 42.5 Å². The Kier molecular flexibility index (Phi) is 6.68. The van der Waals surface area contributed by atoms with Crippen molar-refractivity contribution in [3.8, 4) is 5.75 Å². The van der Waals surface area contributed by atoms with Crippen LogP contribution in [0.25, 0.3) is 0 Å². The zero-order valence-corrected chi connectivity index (χ0v) is 16.5. The minimum Gasteiger partial charge on any atom is -0.406 e. The molecule has 2 rings (SSSR count). The second kappa shape index (κ2) is 8.46. The van der Waals surface area contributed by atoms with Gasteiger partial charge in [0, 0.05) is 10.7 Å². The number of nitrogens with one attached hydrogen (secondary N) is 1. The molecule has 28 heavy (non-hydrogen) atoms. The lowest BCUT2D eigenvalue weighted by Crippen LogP contribution is -2.37. The lowest BCUT2D eigenvalue weighted by Gasteiger charge is -2.23. The average molecular weight is 457 g/mol. The lowest BCUT2D eigenvalue weighted by molar-refractivity contribution is -0.274. The number of anilines is 2. The number of ether oxygens (including phenoxy) is 1. The molecule has 152 valence electrons. The van der Waals surface area contributed by atoms with Gasteiger partial charge in [-0.15, -0.1) is 13.2 Å². The van der Waals surface area contributed by atoms with Crippen LogP contribution in [-0.2, 0) is 14.8 Å². The minimum absolute atomic E-state index is 0.0272. The van der Waals surface area contributed by atoms with Gasteiger partial charge in [0.25, 0.3) is 0 Å². The zero-order valence-electron chi connectivity index (χ0n) is 14.1. The maximum atomic E-state index is 12.2. The summed E-state index contributed by atoms with van der Waals surface area (Å²) in [6.45, 7) is -0.610. The maximum absolute atomic E-state index is 12.2. The molecule has 1 amide bonds. The first-order valence-electron chi connectivity index (χ1n) is 7.43. The van der Waals surface area contributed by atoms with Crippen molar-refractivity contribution in [3.63, 3.8) is 0 Å². The van der Waals surface area contributed by atoms with Gasteiger partial charge in [0.05, 0.1) is 17.0 Å². The Morgan fingerprint density at radius 2 is 1.75 bits per heavy atom. The van der Waals surface area contributed by atoms with Gasteiger partial charge in [0.2, 0.25) is 15.9 Å². The van der Waals surface area contributed by atoms with E-state index in [2.05, 4.69) is 10.1 Å². The Bertz CT molecular complexity index is 967. The smallest absolute Gasteiger partial charge is 0.406 e. The van der Waals surface area contributed by atoms with Crippen molar-refractivity contribution in [1.29, 1.82) is 0 Å². The first-order chi connectivity index (χ1) is 12.8. The maximum Gasteiger partial charge on any atom is 0.573 e. The summed E-state index contributed by atoms with van der Waals surface area (Å²) in [5, 5.41) is 2.70. The highest BCUT2D eigenvalue weighted by Crippen LogP contribution is 2.30. The van der Waals surface area contributed by atoms with Crippen LogP contribution < -0.4 is 14.4 Å². The zero-order chi connectivity index (χ0) is 21.1. The number of alkyl halides is 3. The first kappa shape index (κ1) is 22.1. The second-order valence-corrected chi connectivity index (χ2v) is 8.24. The highest BCUT2D eigenvalue weighted by Gasteiger charge is 2.31. The SMILES string of the molecule is CS(=O)(=O)N(CC(=O)Nc1ccc(OC(F)(F)F)cc1)c1ccc(Cl)cc1Cl. The molecule has 0 fully saturated rings. The van der Waals surface area contributed by atoms with Crippen molar-refractivity contribution in [1.82, 2.24) is 0 Å². The van der Waals surface area contributed by atoms with Crippen LogP contribution in [0.4, 0.5) is 24.5 Å².